The third-order valence-corrected chi connectivity index (χ3v) is 4.40. The van der Waals surface area contributed by atoms with Crippen LogP contribution in [0.4, 0.5) is 5.69 Å². The molecule has 0 fully saturated rings. The van der Waals surface area contributed by atoms with Crippen LogP contribution < -0.4 is 14.8 Å². The number of anilines is 1. The number of nitrogens with one attached hydrogen (secondary N) is 1. The highest BCUT2D eigenvalue weighted by Crippen LogP contribution is 2.22. The van der Waals surface area contributed by atoms with Crippen LogP contribution in [0.1, 0.15) is 16.7 Å². The average Bonchev–Trinajstić information content (AvgIpc) is 2.78. The standard InChI is InChI=1S/C25H22N2O3/c1-18-6-10-22(11-7-18)27-25(28)17-30-24-5-3-4-19(15-24)14-21(16-26)20-8-12-23(29-2)13-9-20/h3-15H,17H2,1-2H3,(H,27,28)/b21-14+. The molecule has 0 unspecified atom stereocenters. The summed E-state index contributed by atoms with van der Waals surface area (Å²) in [4.78, 5) is 12.1. The molecule has 0 bridgehead atoms. The Morgan fingerprint density at radius 2 is 1.77 bits per heavy atom. The molecule has 30 heavy (non-hydrogen) atoms. The minimum atomic E-state index is -0.240. The summed E-state index contributed by atoms with van der Waals surface area (Å²) in [5, 5.41) is 12.3. The summed E-state index contributed by atoms with van der Waals surface area (Å²) >= 11 is 0. The lowest BCUT2D eigenvalue weighted by atomic mass is 10.0. The van der Waals surface area contributed by atoms with E-state index in [-0.39, 0.29) is 12.5 Å². The lowest BCUT2D eigenvalue weighted by Gasteiger charge is -2.08. The molecule has 0 aliphatic carbocycles. The summed E-state index contributed by atoms with van der Waals surface area (Å²) < 4.78 is 10.8. The summed E-state index contributed by atoms with van der Waals surface area (Å²) in [5.41, 5.74) is 3.97. The van der Waals surface area contributed by atoms with Crippen LogP contribution in [0.2, 0.25) is 0 Å². The molecule has 150 valence electrons. The molecule has 0 aromatic heterocycles. The molecule has 0 heterocycles. The molecule has 3 aromatic rings. The molecule has 0 aliphatic rings. The third kappa shape index (κ3) is 5.73. The fourth-order valence-corrected chi connectivity index (χ4v) is 2.79. The molecule has 5 nitrogen and oxygen atoms in total. The molecule has 0 aliphatic heterocycles. The van der Waals surface area contributed by atoms with Crippen LogP contribution in [-0.2, 0) is 4.79 Å². The van der Waals surface area contributed by atoms with Crippen LogP contribution >= 0.6 is 0 Å². The van der Waals surface area contributed by atoms with Gasteiger partial charge in [0.15, 0.2) is 6.61 Å². The van der Waals surface area contributed by atoms with Crippen molar-refractivity contribution in [3.63, 3.8) is 0 Å². The largest absolute Gasteiger partial charge is 0.497 e. The minimum Gasteiger partial charge on any atom is -0.497 e. The van der Waals surface area contributed by atoms with Gasteiger partial charge in [-0.25, -0.2) is 0 Å². The number of ether oxygens (including phenoxy) is 2. The highest BCUT2D eigenvalue weighted by atomic mass is 16.5. The molecule has 1 N–H and O–H groups in total. The molecular formula is C25H22N2O3. The Bertz CT molecular complexity index is 1080. The maximum absolute atomic E-state index is 12.1. The predicted molar refractivity (Wildman–Crippen MR) is 118 cm³/mol. The van der Waals surface area contributed by atoms with Gasteiger partial charge in [-0.15, -0.1) is 0 Å². The van der Waals surface area contributed by atoms with E-state index in [4.69, 9.17) is 9.47 Å². The van der Waals surface area contributed by atoms with Gasteiger partial charge in [0.05, 0.1) is 18.8 Å². The third-order valence-electron chi connectivity index (χ3n) is 4.40. The summed E-state index contributed by atoms with van der Waals surface area (Å²) in [6.45, 7) is 1.88. The number of hydrogen-bond acceptors (Lipinski definition) is 4. The normalized spacial score (nSPS) is 10.8. The lowest BCUT2D eigenvalue weighted by molar-refractivity contribution is -0.118. The number of nitrogens with zero attached hydrogens (tertiary/aromatic N) is 1. The summed E-state index contributed by atoms with van der Waals surface area (Å²) in [6.07, 6.45) is 1.78. The Kier molecular flexibility index (Phi) is 6.86. The zero-order valence-electron chi connectivity index (χ0n) is 16.9. The van der Waals surface area contributed by atoms with E-state index in [0.29, 0.717) is 11.3 Å². The van der Waals surface area contributed by atoms with Gasteiger partial charge in [0.2, 0.25) is 0 Å². The van der Waals surface area contributed by atoms with Crippen molar-refractivity contribution >= 4 is 23.2 Å². The number of rotatable bonds is 7. The van der Waals surface area contributed by atoms with Crippen molar-refractivity contribution in [3.8, 4) is 17.6 Å². The number of nitriles is 1. The Morgan fingerprint density at radius 3 is 2.43 bits per heavy atom. The smallest absolute Gasteiger partial charge is 0.262 e. The second kappa shape index (κ2) is 9.94. The molecule has 0 atom stereocenters. The number of benzene rings is 3. The maximum Gasteiger partial charge on any atom is 0.262 e. The van der Waals surface area contributed by atoms with Crippen LogP contribution in [0.15, 0.2) is 72.8 Å². The van der Waals surface area contributed by atoms with Gasteiger partial charge in [-0.2, -0.15) is 5.26 Å². The van der Waals surface area contributed by atoms with Gasteiger partial charge in [0.1, 0.15) is 11.5 Å². The first-order valence-corrected chi connectivity index (χ1v) is 9.43. The van der Waals surface area contributed by atoms with Crippen molar-refractivity contribution in [2.45, 2.75) is 6.92 Å². The molecule has 5 heteroatoms. The second-order valence-electron chi connectivity index (χ2n) is 6.67. The molecular weight excluding hydrogens is 376 g/mol. The number of carbonyl (C=O) groups excluding carboxylic acids is 1. The van der Waals surface area contributed by atoms with Crippen molar-refractivity contribution in [2.75, 3.05) is 19.0 Å². The number of aryl methyl sites for hydroxylation is 1. The summed E-state index contributed by atoms with van der Waals surface area (Å²) in [6, 6.07) is 24.3. The van der Waals surface area contributed by atoms with Crippen molar-refractivity contribution < 1.29 is 14.3 Å². The van der Waals surface area contributed by atoms with Crippen LogP contribution in [0, 0.1) is 18.3 Å². The van der Waals surface area contributed by atoms with Gasteiger partial charge in [0, 0.05) is 5.69 Å². The predicted octanol–water partition coefficient (Wildman–Crippen LogP) is 5.09. The highest BCUT2D eigenvalue weighted by molar-refractivity contribution is 5.92. The SMILES string of the molecule is COc1ccc(/C(C#N)=C/c2cccc(OCC(=O)Nc3ccc(C)cc3)c2)cc1. The van der Waals surface area contributed by atoms with E-state index < -0.39 is 0 Å². The fourth-order valence-electron chi connectivity index (χ4n) is 2.79. The molecule has 3 rings (SSSR count). The van der Waals surface area contributed by atoms with Gasteiger partial charge >= 0.3 is 0 Å². The topological polar surface area (TPSA) is 71.3 Å². The van der Waals surface area contributed by atoms with Crippen molar-refractivity contribution in [3.05, 3.63) is 89.5 Å². The van der Waals surface area contributed by atoms with Gasteiger partial charge in [-0.05, 0) is 72.7 Å². The number of hydrogen-bond donors (Lipinski definition) is 1. The number of methoxy groups -OCH3 is 1. The van der Waals surface area contributed by atoms with Crippen LogP contribution in [-0.4, -0.2) is 19.6 Å². The minimum absolute atomic E-state index is 0.107. The van der Waals surface area contributed by atoms with Gasteiger partial charge in [0.25, 0.3) is 5.91 Å². The molecule has 0 saturated heterocycles. The van der Waals surface area contributed by atoms with E-state index in [0.717, 1.165) is 28.1 Å². The first-order chi connectivity index (χ1) is 14.6. The zero-order chi connectivity index (χ0) is 21.3. The number of carbonyl (C=O) groups is 1. The molecule has 1 amide bonds. The van der Waals surface area contributed by atoms with Gasteiger partial charge in [-0.3, -0.25) is 4.79 Å². The van der Waals surface area contributed by atoms with Gasteiger partial charge < -0.3 is 14.8 Å². The fraction of sp³-hybridized carbons (Fsp3) is 0.120. The highest BCUT2D eigenvalue weighted by Gasteiger charge is 2.06. The lowest BCUT2D eigenvalue weighted by Crippen LogP contribution is -2.20. The van der Waals surface area contributed by atoms with E-state index in [1.165, 1.54) is 0 Å². The Morgan fingerprint density at radius 1 is 1.03 bits per heavy atom. The van der Waals surface area contributed by atoms with E-state index in [1.54, 1.807) is 25.3 Å². The van der Waals surface area contributed by atoms with E-state index in [1.807, 2.05) is 67.6 Å². The van der Waals surface area contributed by atoms with Crippen molar-refractivity contribution in [2.24, 2.45) is 0 Å². The van der Waals surface area contributed by atoms with Gasteiger partial charge in [-0.1, -0.05) is 29.8 Å². The van der Waals surface area contributed by atoms with Crippen LogP contribution in [0.25, 0.3) is 11.6 Å². The zero-order valence-corrected chi connectivity index (χ0v) is 16.9. The summed E-state index contributed by atoms with van der Waals surface area (Å²) in [7, 11) is 1.60. The monoisotopic (exact) mass is 398 g/mol. The van der Waals surface area contributed by atoms with E-state index >= 15 is 0 Å². The molecule has 0 saturated carbocycles. The molecule has 0 spiro atoms. The first kappa shape index (κ1) is 20.7. The average molecular weight is 398 g/mol. The molecule has 3 aromatic carbocycles. The Labute approximate surface area is 176 Å². The first-order valence-electron chi connectivity index (χ1n) is 9.43. The number of amides is 1. The van der Waals surface area contributed by atoms with Crippen LogP contribution in [0.3, 0.4) is 0 Å². The summed E-state index contributed by atoms with van der Waals surface area (Å²) in [5.74, 6) is 1.04. The number of allylic oxidation sites excluding steroid dienone is 1. The van der Waals surface area contributed by atoms with Crippen molar-refractivity contribution in [1.29, 1.82) is 5.26 Å². The maximum atomic E-state index is 12.1. The van der Waals surface area contributed by atoms with E-state index in [2.05, 4.69) is 11.4 Å². The Balaban J connectivity index is 1.65. The molecule has 0 radical (unpaired) electrons. The van der Waals surface area contributed by atoms with Crippen LogP contribution in [0.5, 0.6) is 11.5 Å². The Hall–Kier alpha value is -4.04. The van der Waals surface area contributed by atoms with E-state index in [9.17, 15) is 10.1 Å². The quantitative estimate of drug-likeness (QED) is 0.445. The second-order valence-corrected chi connectivity index (χ2v) is 6.67. The van der Waals surface area contributed by atoms with Crippen molar-refractivity contribution in [1.82, 2.24) is 0 Å².